The molecule has 0 aliphatic carbocycles. The van der Waals surface area contributed by atoms with Crippen LogP contribution in [0.4, 0.5) is 0 Å². The average molecular weight is 543 g/mol. The first kappa shape index (κ1) is 28.8. The number of carboxylic acid groups (broad SMARTS) is 2. The second-order valence-corrected chi connectivity index (χ2v) is 8.45. The number of nitrogens with two attached hydrogens (primary N) is 3. The molecule has 0 bridgehead atoms. The van der Waals surface area contributed by atoms with E-state index >= 15 is 0 Å². The molecule has 0 radical (unpaired) electrons. The van der Waals surface area contributed by atoms with Gasteiger partial charge in [-0.25, -0.2) is 4.79 Å². The van der Waals surface area contributed by atoms with Crippen molar-refractivity contribution in [3.63, 3.8) is 0 Å². The molecule has 8 N–H and O–H groups in total. The van der Waals surface area contributed by atoms with Gasteiger partial charge in [-0.15, -0.1) is 0 Å². The third-order valence-corrected chi connectivity index (χ3v) is 5.52. The molecule has 2 aromatic carbocycles. The Morgan fingerprint density at radius 2 is 1.79 bits per heavy atom. The smallest absolute Gasteiger partial charge is 0.341 e. The summed E-state index contributed by atoms with van der Waals surface area (Å²) in [4.78, 5) is 37.6. The Hall–Kier alpha value is -4.78. The highest BCUT2D eigenvalue weighted by molar-refractivity contribution is 5.84. The van der Waals surface area contributed by atoms with E-state index in [9.17, 15) is 14.4 Å². The van der Waals surface area contributed by atoms with E-state index < -0.39 is 24.6 Å². The van der Waals surface area contributed by atoms with Crippen molar-refractivity contribution >= 4 is 28.9 Å². The fourth-order valence-corrected chi connectivity index (χ4v) is 3.70. The SMILES string of the molecule is Cc1oc2cc(OCC(=O)O)ccc2c(=O)c1-c1ccc2c(c1)OCCO2.NC(N)=NCCC[C@@H](N)C(=O)O. The van der Waals surface area contributed by atoms with E-state index in [-0.39, 0.29) is 11.4 Å². The Morgan fingerprint density at radius 1 is 1.08 bits per heavy atom. The van der Waals surface area contributed by atoms with Crippen LogP contribution >= 0.6 is 0 Å². The summed E-state index contributed by atoms with van der Waals surface area (Å²) in [5.41, 5.74) is 16.6. The average Bonchev–Trinajstić information content (AvgIpc) is 2.89. The molecule has 0 saturated heterocycles. The van der Waals surface area contributed by atoms with Crippen LogP contribution in [0.3, 0.4) is 0 Å². The lowest BCUT2D eigenvalue weighted by Gasteiger charge is -2.19. The first-order valence-corrected chi connectivity index (χ1v) is 11.9. The Morgan fingerprint density at radius 3 is 2.46 bits per heavy atom. The molecule has 0 unspecified atom stereocenters. The van der Waals surface area contributed by atoms with Crippen LogP contribution in [0, 0.1) is 6.92 Å². The second-order valence-electron chi connectivity index (χ2n) is 8.45. The molecule has 39 heavy (non-hydrogen) atoms. The number of carboxylic acids is 2. The van der Waals surface area contributed by atoms with Crippen LogP contribution in [0.15, 0.2) is 50.6 Å². The molecule has 13 nitrogen and oxygen atoms in total. The lowest BCUT2D eigenvalue weighted by molar-refractivity contribution is -0.140. The van der Waals surface area contributed by atoms with Crippen molar-refractivity contribution < 1.29 is 38.4 Å². The standard InChI is InChI=1S/C20H16O7.C6H14N4O2/c1-11-19(12-2-5-15-17(8-12)25-7-6-24-15)20(23)14-4-3-13(9-16(14)27-11)26-10-18(21)22;7-4(5(11)12)2-1-3-10-6(8)9/h2-5,8-9H,6-7,10H2,1H3,(H,21,22);4H,1-3,7H2,(H,11,12)(H4,8,9,10)/t;4-/m.1/s1. The number of carbonyl (C=O) groups is 2. The van der Waals surface area contributed by atoms with Gasteiger partial charge in [0.05, 0.1) is 10.9 Å². The molecular formula is C26H30N4O9. The van der Waals surface area contributed by atoms with E-state index in [0.29, 0.717) is 77.7 Å². The minimum absolute atomic E-state index is 0.0129. The molecular weight excluding hydrogens is 512 g/mol. The zero-order chi connectivity index (χ0) is 28.5. The van der Waals surface area contributed by atoms with Crippen LogP contribution < -0.4 is 36.8 Å². The third-order valence-electron chi connectivity index (χ3n) is 5.52. The van der Waals surface area contributed by atoms with Crippen LogP contribution in [0.5, 0.6) is 17.2 Å². The Balaban J connectivity index is 0.000000298. The number of benzene rings is 2. The van der Waals surface area contributed by atoms with Crippen LogP contribution in [-0.4, -0.2) is 60.5 Å². The molecule has 2 heterocycles. The van der Waals surface area contributed by atoms with E-state index in [1.165, 1.54) is 6.07 Å². The van der Waals surface area contributed by atoms with E-state index in [1.807, 2.05) is 0 Å². The summed E-state index contributed by atoms with van der Waals surface area (Å²) < 4.78 is 22.1. The van der Waals surface area contributed by atoms with Gasteiger partial charge >= 0.3 is 11.9 Å². The Bertz CT molecular complexity index is 1430. The highest BCUT2D eigenvalue weighted by atomic mass is 16.6. The van der Waals surface area contributed by atoms with Gasteiger partial charge in [0.15, 0.2) is 24.1 Å². The van der Waals surface area contributed by atoms with Crippen LogP contribution in [0.25, 0.3) is 22.1 Å². The van der Waals surface area contributed by atoms with Gasteiger partial charge in [-0.1, -0.05) is 6.07 Å². The van der Waals surface area contributed by atoms with Crippen LogP contribution in [-0.2, 0) is 9.59 Å². The molecule has 1 aliphatic rings. The summed E-state index contributed by atoms with van der Waals surface area (Å²) in [7, 11) is 0. The fraction of sp³-hybridized carbons (Fsp3) is 0.308. The molecule has 13 heteroatoms. The van der Waals surface area contributed by atoms with Gasteiger partial charge < -0.3 is 46.0 Å². The molecule has 0 saturated carbocycles. The lowest BCUT2D eigenvalue weighted by atomic mass is 10.0. The normalized spacial score (nSPS) is 12.6. The first-order valence-electron chi connectivity index (χ1n) is 11.9. The summed E-state index contributed by atoms with van der Waals surface area (Å²) in [5, 5.41) is 17.5. The minimum Gasteiger partial charge on any atom is -0.486 e. The van der Waals surface area contributed by atoms with Crippen molar-refractivity contribution in [2.75, 3.05) is 26.4 Å². The number of hydrogen-bond donors (Lipinski definition) is 5. The summed E-state index contributed by atoms with van der Waals surface area (Å²) in [6, 6.07) is 9.15. The van der Waals surface area contributed by atoms with Gasteiger partial charge in [0.25, 0.3) is 0 Å². The van der Waals surface area contributed by atoms with E-state index in [4.69, 9.17) is 46.0 Å². The summed E-state index contributed by atoms with van der Waals surface area (Å²) >= 11 is 0. The molecule has 3 aromatic rings. The molecule has 0 amide bonds. The van der Waals surface area contributed by atoms with E-state index in [0.717, 1.165) is 0 Å². The molecule has 1 aliphatic heterocycles. The largest absolute Gasteiger partial charge is 0.486 e. The van der Waals surface area contributed by atoms with Gasteiger partial charge in [0.2, 0.25) is 5.43 Å². The first-order chi connectivity index (χ1) is 18.6. The molecule has 1 aromatic heterocycles. The van der Waals surface area contributed by atoms with Crippen LogP contribution in [0.1, 0.15) is 18.6 Å². The molecule has 208 valence electrons. The second kappa shape index (κ2) is 13.1. The predicted octanol–water partition coefficient (Wildman–Crippen LogP) is 1.45. The van der Waals surface area contributed by atoms with Crippen molar-refractivity contribution in [3.05, 3.63) is 52.4 Å². The molecule has 4 rings (SSSR count). The van der Waals surface area contributed by atoms with E-state index in [2.05, 4.69) is 4.99 Å². The van der Waals surface area contributed by atoms with Gasteiger partial charge in [-0.05, 0) is 49.6 Å². The number of guanidine groups is 1. The quantitative estimate of drug-likeness (QED) is 0.147. The number of fused-ring (bicyclic) bond motifs is 2. The highest BCUT2D eigenvalue weighted by Gasteiger charge is 2.18. The maximum absolute atomic E-state index is 13.0. The van der Waals surface area contributed by atoms with Crippen molar-refractivity contribution in [1.29, 1.82) is 0 Å². The van der Waals surface area contributed by atoms with Crippen molar-refractivity contribution in [2.45, 2.75) is 25.8 Å². The van der Waals surface area contributed by atoms with Crippen molar-refractivity contribution in [2.24, 2.45) is 22.2 Å². The lowest BCUT2D eigenvalue weighted by Crippen LogP contribution is -2.30. The topological polar surface area (TPSA) is 223 Å². The van der Waals surface area contributed by atoms with Crippen LogP contribution in [0.2, 0.25) is 0 Å². The highest BCUT2D eigenvalue weighted by Crippen LogP contribution is 2.35. The number of nitrogens with zero attached hydrogens (tertiary/aromatic N) is 1. The third kappa shape index (κ3) is 7.85. The summed E-state index contributed by atoms with van der Waals surface area (Å²) in [6.07, 6.45) is 0.956. The van der Waals surface area contributed by atoms with Crippen molar-refractivity contribution in [1.82, 2.24) is 0 Å². The number of aliphatic imine (C=N–C) groups is 1. The van der Waals surface area contributed by atoms with E-state index in [1.54, 1.807) is 37.3 Å². The van der Waals surface area contributed by atoms with Gasteiger partial charge in [0, 0.05) is 12.6 Å². The Kier molecular flexibility index (Phi) is 9.70. The van der Waals surface area contributed by atoms with Gasteiger partial charge in [-0.2, -0.15) is 0 Å². The van der Waals surface area contributed by atoms with Crippen molar-refractivity contribution in [3.8, 4) is 28.4 Å². The molecule has 0 spiro atoms. The zero-order valence-corrected chi connectivity index (χ0v) is 21.2. The zero-order valence-electron chi connectivity index (χ0n) is 21.2. The number of ether oxygens (including phenoxy) is 3. The molecule has 0 fully saturated rings. The minimum atomic E-state index is -1.08. The van der Waals surface area contributed by atoms with Gasteiger partial charge in [-0.3, -0.25) is 14.6 Å². The summed E-state index contributed by atoms with van der Waals surface area (Å²) in [6.45, 7) is 2.61. The maximum atomic E-state index is 13.0. The number of aliphatic carboxylic acids is 2. The number of rotatable bonds is 9. The molecule has 1 atom stereocenters. The predicted molar refractivity (Wildman–Crippen MR) is 142 cm³/mol. The monoisotopic (exact) mass is 542 g/mol. The Labute approximate surface area is 222 Å². The van der Waals surface area contributed by atoms with Gasteiger partial charge in [0.1, 0.15) is 36.3 Å². The number of hydrogen-bond acceptors (Lipinski definition) is 9. The summed E-state index contributed by atoms with van der Waals surface area (Å²) in [5.74, 6) is -0.0671. The maximum Gasteiger partial charge on any atom is 0.341 e. The fourth-order valence-electron chi connectivity index (χ4n) is 3.70. The number of aryl methyl sites for hydroxylation is 1.